The molecule has 1 atom stereocenters. The zero-order valence-corrected chi connectivity index (χ0v) is 14.9. The van der Waals surface area contributed by atoms with Crippen LogP contribution < -0.4 is 5.32 Å². The highest BCUT2D eigenvalue weighted by molar-refractivity contribution is 5.42. The highest BCUT2D eigenvalue weighted by Crippen LogP contribution is 2.31. The SMILES string of the molecule is Cc1ccc(-n2ncc3c2CCC[C@H]3NCc2cccnc2)cc1C. The van der Waals surface area contributed by atoms with Crippen molar-refractivity contribution in [1.82, 2.24) is 20.1 Å². The highest BCUT2D eigenvalue weighted by Gasteiger charge is 2.24. The van der Waals surface area contributed by atoms with E-state index >= 15 is 0 Å². The second kappa shape index (κ2) is 6.81. The van der Waals surface area contributed by atoms with Crippen LogP contribution in [0.3, 0.4) is 0 Å². The molecule has 4 nitrogen and oxygen atoms in total. The van der Waals surface area contributed by atoms with Crippen LogP contribution in [0.15, 0.2) is 48.9 Å². The number of fused-ring (bicyclic) bond motifs is 1. The van der Waals surface area contributed by atoms with E-state index in [9.17, 15) is 0 Å². The Morgan fingerprint density at radius 3 is 2.88 bits per heavy atom. The Hall–Kier alpha value is -2.46. The van der Waals surface area contributed by atoms with E-state index in [4.69, 9.17) is 5.10 Å². The van der Waals surface area contributed by atoms with Gasteiger partial charge in [0.15, 0.2) is 0 Å². The third-order valence-corrected chi connectivity index (χ3v) is 5.19. The molecule has 1 N–H and O–H groups in total. The van der Waals surface area contributed by atoms with E-state index in [-0.39, 0.29) is 0 Å². The van der Waals surface area contributed by atoms with Gasteiger partial charge in [0, 0.05) is 36.2 Å². The fourth-order valence-corrected chi connectivity index (χ4v) is 3.59. The van der Waals surface area contributed by atoms with E-state index in [2.05, 4.69) is 53.1 Å². The largest absolute Gasteiger partial charge is 0.306 e. The molecule has 0 aliphatic heterocycles. The van der Waals surface area contributed by atoms with Gasteiger partial charge < -0.3 is 5.32 Å². The summed E-state index contributed by atoms with van der Waals surface area (Å²) in [6.07, 6.45) is 9.23. The number of hydrogen-bond donors (Lipinski definition) is 1. The van der Waals surface area contributed by atoms with Gasteiger partial charge in [-0.05, 0) is 68.0 Å². The van der Waals surface area contributed by atoms with E-state index in [0.29, 0.717) is 6.04 Å². The lowest BCUT2D eigenvalue weighted by atomic mass is 9.92. The molecule has 4 rings (SSSR count). The average Bonchev–Trinajstić information content (AvgIpc) is 3.08. The van der Waals surface area contributed by atoms with Crippen LogP contribution in [0.1, 0.15) is 46.8 Å². The van der Waals surface area contributed by atoms with Crippen LogP contribution >= 0.6 is 0 Å². The van der Waals surface area contributed by atoms with Crippen molar-refractivity contribution in [3.8, 4) is 5.69 Å². The van der Waals surface area contributed by atoms with Crippen molar-refractivity contribution in [1.29, 1.82) is 0 Å². The van der Waals surface area contributed by atoms with Gasteiger partial charge in [-0.1, -0.05) is 12.1 Å². The van der Waals surface area contributed by atoms with Crippen molar-refractivity contribution in [2.45, 2.75) is 45.7 Å². The Morgan fingerprint density at radius 2 is 2.08 bits per heavy atom. The van der Waals surface area contributed by atoms with Gasteiger partial charge in [-0.2, -0.15) is 5.10 Å². The molecule has 0 unspecified atom stereocenters. The van der Waals surface area contributed by atoms with Gasteiger partial charge in [0.25, 0.3) is 0 Å². The Bertz CT molecular complexity index is 867. The Morgan fingerprint density at radius 1 is 1.16 bits per heavy atom. The summed E-state index contributed by atoms with van der Waals surface area (Å²) in [6.45, 7) is 5.15. The van der Waals surface area contributed by atoms with E-state index in [1.54, 1.807) is 0 Å². The summed E-state index contributed by atoms with van der Waals surface area (Å²) in [5.74, 6) is 0. The predicted molar refractivity (Wildman–Crippen MR) is 99.8 cm³/mol. The van der Waals surface area contributed by atoms with Gasteiger partial charge >= 0.3 is 0 Å². The molecule has 0 bridgehead atoms. The minimum atomic E-state index is 0.365. The van der Waals surface area contributed by atoms with Crippen LogP contribution in [0.4, 0.5) is 0 Å². The molecule has 0 spiro atoms. The van der Waals surface area contributed by atoms with Crippen molar-refractivity contribution < 1.29 is 0 Å². The monoisotopic (exact) mass is 332 g/mol. The zero-order chi connectivity index (χ0) is 17.2. The summed E-state index contributed by atoms with van der Waals surface area (Å²) in [5, 5.41) is 8.39. The first-order valence-electron chi connectivity index (χ1n) is 8.99. The van der Waals surface area contributed by atoms with Gasteiger partial charge in [0.2, 0.25) is 0 Å². The van der Waals surface area contributed by atoms with Crippen molar-refractivity contribution in [3.63, 3.8) is 0 Å². The quantitative estimate of drug-likeness (QED) is 0.784. The number of nitrogens with zero attached hydrogens (tertiary/aromatic N) is 3. The predicted octanol–water partition coefficient (Wildman–Crippen LogP) is 4.05. The van der Waals surface area contributed by atoms with Gasteiger partial charge in [-0.3, -0.25) is 4.98 Å². The zero-order valence-electron chi connectivity index (χ0n) is 14.9. The molecule has 2 aromatic heterocycles. The average molecular weight is 332 g/mol. The number of rotatable bonds is 4. The Labute approximate surface area is 148 Å². The van der Waals surface area contributed by atoms with Gasteiger partial charge in [0.1, 0.15) is 0 Å². The summed E-state index contributed by atoms with van der Waals surface area (Å²) in [6, 6.07) is 11.0. The van der Waals surface area contributed by atoms with E-state index < -0.39 is 0 Å². The standard InChI is InChI=1S/C21H24N4/c1-15-8-9-18(11-16(15)2)25-21-7-3-6-20(19(21)14-24-25)23-13-17-5-4-10-22-12-17/h4-5,8-12,14,20,23H,3,6-7,13H2,1-2H3/t20-/m1/s1. The first kappa shape index (κ1) is 16.0. The number of nitrogens with one attached hydrogen (secondary N) is 1. The normalized spacial score (nSPS) is 16.6. The number of pyridine rings is 1. The number of benzene rings is 1. The second-order valence-corrected chi connectivity index (χ2v) is 6.91. The summed E-state index contributed by atoms with van der Waals surface area (Å²) in [5.41, 5.74) is 7.70. The minimum absolute atomic E-state index is 0.365. The number of aromatic nitrogens is 3. The lowest BCUT2D eigenvalue weighted by Gasteiger charge is -2.24. The van der Waals surface area contributed by atoms with Crippen LogP contribution in [0, 0.1) is 13.8 Å². The number of aryl methyl sites for hydroxylation is 2. The molecule has 1 aliphatic carbocycles. The molecular weight excluding hydrogens is 308 g/mol. The maximum Gasteiger partial charge on any atom is 0.0651 e. The Balaban J connectivity index is 1.58. The Kier molecular flexibility index (Phi) is 4.36. The smallest absolute Gasteiger partial charge is 0.0651 e. The van der Waals surface area contributed by atoms with Crippen LogP contribution in [0.25, 0.3) is 5.69 Å². The van der Waals surface area contributed by atoms with E-state index in [1.165, 1.54) is 34.4 Å². The van der Waals surface area contributed by atoms with Crippen LogP contribution in [-0.4, -0.2) is 14.8 Å². The molecule has 0 fully saturated rings. The third-order valence-electron chi connectivity index (χ3n) is 5.19. The van der Waals surface area contributed by atoms with Gasteiger partial charge in [-0.25, -0.2) is 4.68 Å². The van der Waals surface area contributed by atoms with Crippen molar-refractivity contribution >= 4 is 0 Å². The molecule has 4 heteroatoms. The first-order chi connectivity index (χ1) is 12.2. The maximum absolute atomic E-state index is 4.71. The molecule has 1 aliphatic rings. The molecule has 25 heavy (non-hydrogen) atoms. The first-order valence-corrected chi connectivity index (χ1v) is 8.99. The van der Waals surface area contributed by atoms with E-state index in [1.807, 2.05) is 24.7 Å². The summed E-state index contributed by atoms with van der Waals surface area (Å²) < 4.78 is 2.12. The fraction of sp³-hybridized carbons (Fsp3) is 0.333. The molecule has 2 heterocycles. The molecule has 0 saturated carbocycles. The summed E-state index contributed by atoms with van der Waals surface area (Å²) >= 11 is 0. The van der Waals surface area contributed by atoms with Crippen molar-refractivity contribution in [3.05, 3.63) is 76.9 Å². The molecular formula is C21H24N4. The second-order valence-electron chi connectivity index (χ2n) is 6.91. The third kappa shape index (κ3) is 3.22. The molecule has 3 aromatic rings. The van der Waals surface area contributed by atoms with Crippen molar-refractivity contribution in [2.24, 2.45) is 0 Å². The van der Waals surface area contributed by atoms with Gasteiger partial charge in [0.05, 0.1) is 11.9 Å². The number of hydrogen-bond acceptors (Lipinski definition) is 3. The molecule has 0 amide bonds. The van der Waals surface area contributed by atoms with Crippen LogP contribution in [-0.2, 0) is 13.0 Å². The molecule has 0 radical (unpaired) electrons. The fourth-order valence-electron chi connectivity index (χ4n) is 3.59. The molecule has 1 aromatic carbocycles. The minimum Gasteiger partial charge on any atom is -0.306 e. The lowest BCUT2D eigenvalue weighted by molar-refractivity contribution is 0.454. The lowest BCUT2D eigenvalue weighted by Crippen LogP contribution is -2.25. The van der Waals surface area contributed by atoms with E-state index in [0.717, 1.165) is 25.1 Å². The molecule has 128 valence electrons. The van der Waals surface area contributed by atoms with Crippen LogP contribution in [0.5, 0.6) is 0 Å². The highest BCUT2D eigenvalue weighted by atomic mass is 15.3. The van der Waals surface area contributed by atoms with Crippen molar-refractivity contribution in [2.75, 3.05) is 0 Å². The summed E-state index contributed by atoms with van der Waals surface area (Å²) in [7, 11) is 0. The summed E-state index contributed by atoms with van der Waals surface area (Å²) in [4.78, 5) is 4.20. The van der Waals surface area contributed by atoms with Gasteiger partial charge in [-0.15, -0.1) is 0 Å². The van der Waals surface area contributed by atoms with Crippen LogP contribution in [0.2, 0.25) is 0 Å². The topological polar surface area (TPSA) is 42.7 Å². The maximum atomic E-state index is 4.71. The molecule has 0 saturated heterocycles.